The fourth-order valence-electron chi connectivity index (χ4n) is 2.71. The lowest BCUT2D eigenvalue weighted by molar-refractivity contribution is -0.384. The first-order chi connectivity index (χ1) is 9.54. The smallest absolute Gasteiger partial charge is 0.294 e. The molecule has 0 amide bonds. The fourth-order valence-corrected chi connectivity index (χ4v) is 2.87. The third-order valence-corrected chi connectivity index (χ3v) is 3.94. The van der Waals surface area contributed by atoms with Crippen LogP contribution in [0.2, 0.25) is 5.02 Å². The summed E-state index contributed by atoms with van der Waals surface area (Å²) in [5.74, 6) is -0.635. The van der Waals surface area contributed by atoms with Gasteiger partial charge in [-0.25, -0.2) is 4.39 Å². The van der Waals surface area contributed by atoms with E-state index in [0.29, 0.717) is 18.8 Å². The number of nitrogens with zero attached hydrogens (tertiary/aromatic N) is 2. The van der Waals surface area contributed by atoms with E-state index >= 15 is 0 Å². The highest BCUT2D eigenvalue weighted by Gasteiger charge is 2.29. The lowest BCUT2D eigenvalue weighted by Gasteiger charge is -2.37. The molecule has 1 unspecified atom stereocenters. The number of hydrogen-bond donors (Lipinski definition) is 1. The first-order valence-corrected chi connectivity index (χ1v) is 7.02. The van der Waals surface area contributed by atoms with Crippen LogP contribution in [0.5, 0.6) is 0 Å². The van der Waals surface area contributed by atoms with Gasteiger partial charge < -0.3 is 10.6 Å². The highest BCUT2D eigenvalue weighted by Crippen LogP contribution is 2.36. The van der Waals surface area contributed by atoms with Crippen LogP contribution >= 0.6 is 11.6 Å². The number of halogens is 2. The molecule has 1 heterocycles. The average molecular weight is 302 g/mol. The Morgan fingerprint density at radius 1 is 1.50 bits per heavy atom. The van der Waals surface area contributed by atoms with Crippen molar-refractivity contribution in [3.8, 4) is 0 Å². The minimum absolute atomic E-state index is 0.119. The van der Waals surface area contributed by atoms with Crippen LogP contribution in [0.3, 0.4) is 0 Å². The first kappa shape index (κ1) is 15.0. The molecular weight excluding hydrogens is 285 g/mol. The molecule has 0 aliphatic carbocycles. The van der Waals surface area contributed by atoms with E-state index in [4.69, 9.17) is 17.3 Å². The van der Waals surface area contributed by atoms with Crippen molar-refractivity contribution in [1.29, 1.82) is 0 Å². The lowest BCUT2D eigenvalue weighted by Crippen LogP contribution is -2.41. The number of benzene rings is 1. The molecule has 1 aliphatic rings. The maximum atomic E-state index is 13.7. The summed E-state index contributed by atoms with van der Waals surface area (Å²) >= 11 is 5.65. The summed E-state index contributed by atoms with van der Waals surface area (Å²) in [6, 6.07) is 2.36. The Morgan fingerprint density at radius 2 is 2.25 bits per heavy atom. The van der Waals surface area contributed by atoms with E-state index in [9.17, 15) is 14.5 Å². The zero-order valence-corrected chi connectivity index (χ0v) is 11.8. The standard InChI is InChI=1S/C13H17ClFN3O2/c14-10-7-13(18(19)20)12(8-11(10)15)17-6-2-1-3-9(17)4-5-16/h7-9H,1-6,16H2. The van der Waals surface area contributed by atoms with Gasteiger partial charge in [-0.3, -0.25) is 10.1 Å². The molecule has 1 fully saturated rings. The summed E-state index contributed by atoms with van der Waals surface area (Å²) in [5, 5.41) is 10.9. The number of nitrogens with two attached hydrogens (primary N) is 1. The number of hydrogen-bond acceptors (Lipinski definition) is 4. The van der Waals surface area contributed by atoms with Gasteiger partial charge in [-0.2, -0.15) is 0 Å². The van der Waals surface area contributed by atoms with Gasteiger partial charge in [0, 0.05) is 24.7 Å². The van der Waals surface area contributed by atoms with Gasteiger partial charge in [0.2, 0.25) is 0 Å². The largest absolute Gasteiger partial charge is 0.363 e. The Labute approximate surface area is 121 Å². The van der Waals surface area contributed by atoms with E-state index < -0.39 is 10.7 Å². The minimum atomic E-state index is -0.635. The molecule has 7 heteroatoms. The molecule has 20 heavy (non-hydrogen) atoms. The second kappa shape index (κ2) is 6.37. The van der Waals surface area contributed by atoms with Gasteiger partial charge >= 0.3 is 0 Å². The minimum Gasteiger partial charge on any atom is -0.363 e. The average Bonchev–Trinajstić information content (AvgIpc) is 2.42. The lowest BCUT2D eigenvalue weighted by atomic mass is 9.98. The second-order valence-corrected chi connectivity index (χ2v) is 5.34. The second-order valence-electron chi connectivity index (χ2n) is 4.93. The molecule has 0 spiro atoms. The van der Waals surface area contributed by atoms with Gasteiger partial charge in [0.25, 0.3) is 5.69 Å². The van der Waals surface area contributed by atoms with Crippen LogP contribution in [-0.2, 0) is 0 Å². The van der Waals surface area contributed by atoms with E-state index in [1.165, 1.54) is 0 Å². The van der Waals surface area contributed by atoms with E-state index in [1.807, 2.05) is 4.90 Å². The van der Waals surface area contributed by atoms with Crippen LogP contribution in [0.4, 0.5) is 15.8 Å². The zero-order valence-electron chi connectivity index (χ0n) is 11.0. The normalized spacial score (nSPS) is 19.1. The molecule has 0 bridgehead atoms. The van der Waals surface area contributed by atoms with Crippen LogP contribution in [0.15, 0.2) is 12.1 Å². The summed E-state index contributed by atoms with van der Waals surface area (Å²) < 4.78 is 13.7. The third kappa shape index (κ3) is 3.02. The number of nitro groups is 1. The maximum Gasteiger partial charge on any atom is 0.294 e. The van der Waals surface area contributed by atoms with E-state index in [1.54, 1.807) is 0 Å². The molecular formula is C13H17ClFN3O2. The van der Waals surface area contributed by atoms with Crippen molar-refractivity contribution in [3.05, 3.63) is 33.1 Å². The van der Waals surface area contributed by atoms with Gasteiger partial charge in [0.15, 0.2) is 0 Å². The van der Waals surface area contributed by atoms with Crippen molar-refractivity contribution in [2.24, 2.45) is 5.73 Å². The number of nitro benzene ring substituents is 1. The van der Waals surface area contributed by atoms with E-state index in [-0.39, 0.29) is 16.8 Å². The van der Waals surface area contributed by atoms with Crippen LogP contribution in [0, 0.1) is 15.9 Å². The van der Waals surface area contributed by atoms with E-state index in [2.05, 4.69) is 0 Å². The van der Waals surface area contributed by atoms with Crippen LogP contribution in [0.25, 0.3) is 0 Å². The van der Waals surface area contributed by atoms with Crippen molar-refractivity contribution in [2.45, 2.75) is 31.7 Å². The Kier molecular flexibility index (Phi) is 4.77. The molecule has 1 saturated heterocycles. The van der Waals surface area contributed by atoms with Crippen LogP contribution in [-0.4, -0.2) is 24.1 Å². The molecule has 1 aromatic rings. The molecule has 0 saturated carbocycles. The molecule has 0 aromatic heterocycles. The molecule has 1 aliphatic heterocycles. The maximum absolute atomic E-state index is 13.7. The number of piperidine rings is 1. The molecule has 0 radical (unpaired) electrons. The monoisotopic (exact) mass is 301 g/mol. The molecule has 2 rings (SSSR count). The van der Waals surface area contributed by atoms with Crippen molar-refractivity contribution in [3.63, 3.8) is 0 Å². The Hall–Kier alpha value is -1.40. The van der Waals surface area contributed by atoms with Crippen LogP contribution in [0.1, 0.15) is 25.7 Å². The van der Waals surface area contributed by atoms with E-state index in [0.717, 1.165) is 37.8 Å². The summed E-state index contributed by atoms with van der Waals surface area (Å²) in [6.07, 6.45) is 3.65. The highest BCUT2D eigenvalue weighted by molar-refractivity contribution is 6.31. The topological polar surface area (TPSA) is 72.4 Å². The third-order valence-electron chi connectivity index (χ3n) is 3.65. The molecule has 110 valence electrons. The highest BCUT2D eigenvalue weighted by atomic mass is 35.5. The summed E-state index contributed by atoms with van der Waals surface area (Å²) in [7, 11) is 0. The zero-order chi connectivity index (χ0) is 14.7. The molecule has 1 aromatic carbocycles. The Morgan fingerprint density at radius 3 is 2.90 bits per heavy atom. The van der Waals surface area contributed by atoms with Gasteiger partial charge in [0.05, 0.1) is 9.95 Å². The van der Waals surface area contributed by atoms with Gasteiger partial charge in [-0.15, -0.1) is 0 Å². The van der Waals surface area contributed by atoms with Crippen LogP contribution < -0.4 is 10.6 Å². The predicted octanol–water partition coefficient (Wildman–Crippen LogP) is 3.10. The summed E-state index contributed by atoms with van der Waals surface area (Å²) in [5.41, 5.74) is 5.74. The Bertz CT molecular complexity index is 511. The molecule has 1 atom stereocenters. The van der Waals surface area contributed by atoms with Crippen molar-refractivity contribution >= 4 is 23.0 Å². The first-order valence-electron chi connectivity index (χ1n) is 6.64. The van der Waals surface area contributed by atoms with Crippen molar-refractivity contribution in [2.75, 3.05) is 18.0 Å². The number of rotatable bonds is 4. The van der Waals surface area contributed by atoms with Crippen molar-refractivity contribution < 1.29 is 9.31 Å². The van der Waals surface area contributed by atoms with Gasteiger partial charge in [-0.1, -0.05) is 11.6 Å². The van der Waals surface area contributed by atoms with Gasteiger partial charge in [0.1, 0.15) is 11.5 Å². The Balaban J connectivity index is 2.43. The SMILES string of the molecule is NCCC1CCCCN1c1cc(F)c(Cl)cc1[N+](=O)[O-]. The summed E-state index contributed by atoms with van der Waals surface area (Å²) in [4.78, 5) is 12.5. The summed E-state index contributed by atoms with van der Waals surface area (Å²) in [6.45, 7) is 1.18. The number of anilines is 1. The van der Waals surface area contributed by atoms with Crippen molar-refractivity contribution in [1.82, 2.24) is 0 Å². The predicted molar refractivity (Wildman–Crippen MR) is 76.7 cm³/mol. The van der Waals surface area contributed by atoms with Gasteiger partial charge in [-0.05, 0) is 32.2 Å². The molecule has 5 nitrogen and oxygen atoms in total. The fraction of sp³-hybridized carbons (Fsp3) is 0.538. The quantitative estimate of drug-likeness (QED) is 0.685. The molecule has 2 N–H and O–H groups in total.